The van der Waals surface area contributed by atoms with Gasteiger partial charge in [0.15, 0.2) is 0 Å². The maximum atomic E-state index is 12.7. The fourth-order valence-corrected chi connectivity index (χ4v) is 3.40. The summed E-state index contributed by atoms with van der Waals surface area (Å²) in [6.07, 6.45) is 8.06. The van der Waals surface area contributed by atoms with E-state index in [0.29, 0.717) is 0 Å². The molecule has 0 bridgehead atoms. The maximum Gasteiger partial charge on any atom is 0.228 e. The number of unbranched alkanes of at least 4 members (excludes halogenated alkanes) is 2. The van der Waals surface area contributed by atoms with E-state index in [2.05, 4.69) is 24.3 Å². The summed E-state index contributed by atoms with van der Waals surface area (Å²) in [5.41, 5.74) is 1.02. The lowest BCUT2D eigenvalue weighted by Gasteiger charge is -2.31. The average Bonchev–Trinajstić information content (AvgIpc) is 3.03. The number of hydrogen-bond donors (Lipinski definition) is 0. The Morgan fingerprint density at radius 3 is 2.65 bits per heavy atom. The molecule has 0 aliphatic carbocycles. The molecule has 1 aliphatic heterocycles. The Hall–Kier alpha value is -1.64. The highest BCUT2D eigenvalue weighted by Crippen LogP contribution is 2.30. The van der Waals surface area contributed by atoms with Gasteiger partial charge in [0.2, 0.25) is 5.91 Å². The van der Waals surface area contributed by atoms with Crippen molar-refractivity contribution >= 4 is 12.2 Å². The van der Waals surface area contributed by atoms with Crippen molar-refractivity contribution in [2.45, 2.75) is 64.8 Å². The predicted molar refractivity (Wildman–Crippen MR) is 93.2 cm³/mol. The summed E-state index contributed by atoms with van der Waals surface area (Å²) in [4.78, 5) is 25.6. The molecule has 3 heteroatoms. The molecule has 1 amide bonds. The van der Waals surface area contributed by atoms with Crippen molar-refractivity contribution in [3.63, 3.8) is 0 Å². The number of benzene rings is 1. The number of nitrogens with zero attached hydrogens (tertiary/aromatic N) is 1. The Labute approximate surface area is 140 Å². The van der Waals surface area contributed by atoms with E-state index in [1.54, 1.807) is 4.90 Å². The lowest BCUT2D eigenvalue weighted by molar-refractivity contribution is -0.143. The minimum Gasteiger partial charge on any atom is -0.332 e. The van der Waals surface area contributed by atoms with Crippen LogP contribution in [0.2, 0.25) is 0 Å². The zero-order valence-corrected chi connectivity index (χ0v) is 14.5. The summed E-state index contributed by atoms with van der Waals surface area (Å²) in [5.74, 6) is 0.148. The van der Waals surface area contributed by atoms with Crippen LogP contribution in [-0.4, -0.2) is 29.7 Å². The fraction of sp³-hybridized carbons (Fsp3) is 0.600. The van der Waals surface area contributed by atoms with Crippen molar-refractivity contribution in [1.82, 2.24) is 4.90 Å². The molecule has 1 fully saturated rings. The molecule has 0 aromatic heterocycles. The van der Waals surface area contributed by atoms with Gasteiger partial charge in [0.1, 0.15) is 6.29 Å². The monoisotopic (exact) mass is 315 g/mol. The first-order valence-electron chi connectivity index (χ1n) is 8.85. The molecule has 0 saturated carbocycles. The van der Waals surface area contributed by atoms with Crippen molar-refractivity contribution < 1.29 is 9.59 Å². The fourth-order valence-electron chi connectivity index (χ4n) is 3.40. The van der Waals surface area contributed by atoms with Crippen LogP contribution in [0.1, 0.15) is 57.9 Å². The van der Waals surface area contributed by atoms with Crippen LogP contribution in [0.25, 0.3) is 0 Å². The molecule has 126 valence electrons. The third kappa shape index (κ3) is 4.92. The van der Waals surface area contributed by atoms with Crippen molar-refractivity contribution in [3.8, 4) is 0 Å². The lowest BCUT2D eigenvalue weighted by Crippen LogP contribution is -2.44. The van der Waals surface area contributed by atoms with E-state index >= 15 is 0 Å². The van der Waals surface area contributed by atoms with E-state index in [1.807, 2.05) is 19.9 Å². The first-order valence-corrected chi connectivity index (χ1v) is 8.85. The van der Waals surface area contributed by atoms with Gasteiger partial charge in [0.05, 0.1) is 6.04 Å². The van der Waals surface area contributed by atoms with Crippen LogP contribution in [0.5, 0.6) is 0 Å². The number of carbonyl (C=O) groups excluding carboxylic acids is 2. The van der Waals surface area contributed by atoms with Gasteiger partial charge in [-0.1, -0.05) is 57.0 Å². The quantitative estimate of drug-likeness (QED) is 0.537. The molecule has 0 radical (unpaired) electrons. The van der Waals surface area contributed by atoms with Crippen LogP contribution < -0.4 is 0 Å². The molecule has 1 atom stereocenters. The van der Waals surface area contributed by atoms with Crippen LogP contribution in [0, 0.1) is 5.41 Å². The predicted octanol–water partition coefficient (Wildman–Crippen LogP) is 4.01. The molecule has 23 heavy (non-hydrogen) atoms. The van der Waals surface area contributed by atoms with Crippen molar-refractivity contribution in [1.29, 1.82) is 0 Å². The molecular weight excluding hydrogens is 286 g/mol. The number of aldehydes is 1. The highest BCUT2D eigenvalue weighted by Gasteiger charge is 2.37. The van der Waals surface area contributed by atoms with Gasteiger partial charge in [-0.25, -0.2) is 0 Å². The first kappa shape index (κ1) is 17.7. The molecular formula is C20H29NO2. The molecule has 1 aromatic carbocycles. The third-order valence-electron chi connectivity index (χ3n) is 4.91. The largest absolute Gasteiger partial charge is 0.332 e. The molecule has 1 aromatic rings. The summed E-state index contributed by atoms with van der Waals surface area (Å²) in [6.45, 7) is 4.78. The van der Waals surface area contributed by atoms with Gasteiger partial charge >= 0.3 is 0 Å². The Morgan fingerprint density at radius 2 is 1.96 bits per heavy atom. The van der Waals surface area contributed by atoms with E-state index in [4.69, 9.17) is 0 Å². The van der Waals surface area contributed by atoms with Crippen molar-refractivity contribution in [2.24, 2.45) is 5.41 Å². The molecule has 2 rings (SSSR count). The number of amides is 1. The summed E-state index contributed by atoms with van der Waals surface area (Å²) in [5, 5.41) is 0. The van der Waals surface area contributed by atoms with Gasteiger partial charge in [-0.3, -0.25) is 4.79 Å². The van der Waals surface area contributed by atoms with Gasteiger partial charge in [-0.05, 0) is 37.7 Å². The minimum absolute atomic E-state index is 0.148. The van der Waals surface area contributed by atoms with Crippen LogP contribution in [-0.2, 0) is 16.0 Å². The molecule has 3 nitrogen and oxygen atoms in total. The van der Waals surface area contributed by atoms with Crippen LogP contribution in [0.4, 0.5) is 0 Å². The van der Waals surface area contributed by atoms with Crippen LogP contribution in [0.3, 0.4) is 0 Å². The van der Waals surface area contributed by atoms with E-state index in [-0.39, 0.29) is 17.4 Å². The second kappa shape index (κ2) is 8.28. The number of likely N-dealkylation sites (tertiary alicyclic amines) is 1. The maximum absolute atomic E-state index is 12.7. The SMILES string of the molecule is CC(C)(CCCCCc1ccccc1)C(=O)N1CCC[C@H]1C=O. The van der Waals surface area contributed by atoms with E-state index < -0.39 is 0 Å². The van der Waals surface area contributed by atoms with E-state index in [9.17, 15) is 9.59 Å². The lowest BCUT2D eigenvalue weighted by atomic mass is 9.85. The number of aryl methyl sites for hydroxylation is 1. The Kier molecular flexibility index (Phi) is 6.37. The topological polar surface area (TPSA) is 37.4 Å². The summed E-state index contributed by atoms with van der Waals surface area (Å²) < 4.78 is 0. The molecule has 1 heterocycles. The summed E-state index contributed by atoms with van der Waals surface area (Å²) >= 11 is 0. The Balaban J connectivity index is 1.73. The molecule has 0 N–H and O–H groups in total. The molecule has 0 spiro atoms. The van der Waals surface area contributed by atoms with E-state index in [0.717, 1.165) is 57.8 Å². The highest BCUT2D eigenvalue weighted by molar-refractivity contribution is 5.85. The number of rotatable bonds is 8. The summed E-state index contributed by atoms with van der Waals surface area (Å²) in [6, 6.07) is 10.3. The van der Waals surface area contributed by atoms with Crippen molar-refractivity contribution in [2.75, 3.05) is 6.54 Å². The number of carbonyl (C=O) groups is 2. The second-order valence-corrected chi connectivity index (χ2v) is 7.27. The summed E-state index contributed by atoms with van der Waals surface area (Å²) in [7, 11) is 0. The normalized spacial score (nSPS) is 18.2. The standard InChI is InChI=1S/C20H29NO2/c1-20(2,19(23)21-15-9-13-18(21)16-22)14-8-4-7-12-17-10-5-3-6-11-17/h3,5-6,10-11,16,18H,4,7-9,12-15H2,1-2H3/t18-/m0/s1. The third-order valence-corrected chi connectivity index (χ3v) is 4.91. The zero-order chi connectivity index (χ0) is 16.7. The van der Waals surface area contributed by atoms with E-state index in [1.165, 1.54) is 5.56 Å². The minimum atomic E-state index is -0.363. The number of hydrogen-bond acceptors (Lipinski definition) is 2. The Bertz CT molecular complexity index is 510. The zero-order valence-electron chi connectivity index (χ0n) is 14.5. The molecule has 0 unspecified atom stereocenters. The molecule has 1 aliphatic rings. The van der Waals surface area contributed by atoms with Crippen molar-refractivity contribution in [3.05, 3.63) is 35.9 Å². The van der Waals surface area contributed by atoms with Gasteiger partial charge in [-0.2, -0.15) is 0 Å². The smallest absolute Gasteiger partial charge is 0.228 e. The van der Waals surface area contributed by atoms with Gasteiger partial charge in [0.25, 0.3) is 0 Å². The van der Waals surface area contributed by atoms with Crippen LogP contribution in [0.15, 0.2) is 30.3 Å². The highest BCUT2D eigenvalue weighted by atomic mass is 16.2. The van der Waals surface area contributed by atoms with Crippen LogP contribution >= 0.6 is 0 Å². The van der Waals surface area contributed by atoms with Gasteiger partial charge < -0.3 is 9.69 Å². The van der Waals surface area contributed by atoms with Gasteiger partial charge in [-0.15, -0.1) is 0 Å². The van der Waals surface area contributed by atoms with Gasteiger partial charge in [0, 0.05) is 12.0 Å². The second-order valence-electron chi connectivity index (χ2n) is 7.27. The first-order chi connectivity index (χ1) is 11.0. The average molecular weight is 315 g/mol. The molecule has 1 saturated heterocycles. The Morgan fingerprint density at radius 1 is 1.22 bits per heavy atom.